The number of nitrogens with zero attached hydrogens (tertiary/aromatic N) is 1. The minimum absolute atomic E-state index is 0.0557. The van der Waals surface area contributed by atoms with Gasteiger partial charge in [0.1, 0.15) is 10.7 Å². The lowest BCUT2D eigenvalue weighted by Crippen LogP contribution is -2.42. The van der Waals surface area contributed by atoms with Gasteiger partial charge in [-0.05, 0) is 73.1 Å². The molecule has 0 atom stereocenters. The zero-order valence-electron chi connectivity index (χ0n) is 20.1. The molecule has 1 heterocycles. The van der Waals surface area contributed by atoms with Gasteiger partial charge in [-0.2, -0.15) is 0 Å². The number of rotatable bonds is 6. The Balaban J connectivity index is 1.50. The molecule has 1 amide bonds. The van der Waals surface area contributed by atoms with Gasteiger partial charge < -0.3 is 4.90 Å². The lowest BCUT2D eigenvalue weighted by atomic mass is 9.83. The Hall–Kier alpha value is -2.40. The number of carbonyl (C=O) groups is 1. The molecular weight excluding hydrogens is 512 g/mol. The molecule has 1 saturated carbocycles. The van der Waals surface area contributed by atoms with E-state index in [0.717, 1.165) is 53.3 Å². The quantitative estimate of drug-likeness (QED) is 0.238. The second-order valence-corrected chi connectivity index (χ2v) is 11.4. The molecule has 0 radical (unpaired) electrons. The fraction of sp³-hybridized carbons (Fsp3) is 0.300. The SMILES string of the molecule is CC[C@H]1CC[C@H](N(Cc2cc(-c3ccc(Cl)cc3)ccc2F)C(=O)c2sc3ccccc3c2Cl)CC1. The van der Waals surface area contributed by atoms with Crippen molar-refractivity contribution in [1.29, 1.82) is 0 Å². The molecule has 4 aromatic rings. The normalized spacial score (nSPS) is 17.9. The summed E-state index contributed by atoms with van der Waals surface area (Å²) >= 11 is 14.2. The van der Waals surface area contributed by atoms with Gasteiger partial charge in [-0.15, -0.1) is 11.3 Å². The molecule has 5 rings (SSSR count). The smallest absolute Gasteiger partial charge is 0.266 e. The van der Waals surface area contributed by atoms with Crippen molar-refractivity contribution in [3.63, 3.8) is 0 Å². The topological polar surface area (TPSA) is 20.3 Å². The zero-order chi connectivity index (χ0) is 25.2. The van der Waals surface area contributed by atoms with Crippen LogP contribution < -0.4 is 0 Å². The van der Waals surface area contributed by atoms with E-state index >= 15 is 4.39 Å². The van der Waals surface area contributed by atoms with Crippen molar-refractivity contribution in [1.82, 2.24) is 4.90 Å². The molecule has 1 fully saturated rings. The summed E-state index contributed by atoms with van der Waals surface area (Å²) in [6.07, 6.45) is 5.16. The highest BCUT2D eigenvalue weighted by Gasteiger charge is 2.32. The van der Waals surface area contributed by atoms with E-state index in [4.69, 9.17) is 23.2 Å². The third-order valence-corrected chi connectivity index (χ3v) is 9.30. The molecule has 1 aliphatic carbocycles. The summed E-state index contributed by atoms with van der Waals surface area (Å²) < 4.78 is 16.1. The molecule has 186 valence electrons. The van der Waals surface area contributed by atoms with E-state index in [9.17, 15) is 4.79 Å². The number of benzene rings is 3. The van der Waals surface area contributed by atoms with E-state index in [-0.39, 0.29) is 24.3 Å². The van der Waals surface area contributed by atoms with Crippen molar-refractivity contribution >= 4 is 50.5 Å². The van der Waals surface area contributed by atoms with Crippen LogP contribution >= 0.6 is 34.5 Å². The van der Waals surface area contributed by atoms with Crippen molar-refractivity contribution in [2.75, 3.05) is 0 Å². The van der Waals surface area contributed by atoms with Gasteiger partial charge in [0.05, 0.1) is 5.02 Å². The highest BCUT2D eigenvalue weighted by molar-refractivity contribution is 7.21. The van der Waals surface area contributed by atoms with Crippen LogP contribution in [-0.2, 0) is 6.54 Å². The number of halogens is 3. The molecule has 0 N–H and O–H groups in total. The maximum absolute atomic E-state index is 15.1. The molecule has 1 aromatic heterocycles. The van der Waals surface area contributed by atoms with Gasteiger partial charge in [-0.25, -0.2) is 4.39 Å². The summed E-state index contributed by atoms with van der Waals surface area (Å²) in [6, 6.07) is 20.5. The van der Waals surface area contributed by atoms with E-state index in [1.165, 1.54) is 17.4 Å². The van der Waals surface area contributed by atoms with E-state index < -0.39 is 0 Å². The van der Waals surface area contributed by atoms with E-state index in [1.54, 1.807) is 6.07 Å². The average molecular weight is 541 g/mol. The Morgan fingerprint density at radius 1 is 0.972 bits per heavy atom. The second-order valence-electron chi connectivity index (χ2n) is 9.57. The van der Waals surface area contributed by atoms with E-state index in [2.05, 4.69) is 6.92 Å². The van der Waals surface area contributed by atoms with E-state index in [0.29, 0.717) is 26.4 Å². The third kappa shape index (κ3) is 5.18. The number of fused-ring (bicyclic) bond motifs is 1. The van der Waals surface area contributed by atoms with Crippen LogP contribution in [0.2, 0.25) is 10.0 Å². The number of amides is 1. The van der Waals surface area contributed by atoms with Crippen LogP contribution in [-0.4, -0.2) is 16.8 Å². The molecule has 0 spiro atoms. The van der Waals surface area contributed by atoms with Crippen LogP contribution in [0.25, 0.3) is 21.2 Å². The number of carbonyl (C=O) groups excluding carboxylic acids is 1. The Morgan fingerprint density at radius 2 is 1.67 bits per heavy atom. The van der Waals surface area contributed by atoms with Crippen molar-refractivity contribution in [2.45, 2.75) is 51.6 Å². The van der Waals surface area contributed by atoms with Gasteiger partial charge in [-0.1, -0.05) is 72.9 Å². The first-order chi connectivity index (χ1) is 17.4. The number of thiophene rings is 1. The van der Waals surface area contributed by atoms with Crippen LogP contribution in [0.3, 0.4) is 0 Å². The third-order valence-electron chi connectivity index (χ3n) is 7.39. The summed E-state index contributed by atoms with van der Waals surface area (Å²) in [5, 5.41) is 2.03. The minimum Gasteiger partial charge on any atom is -0.330 e. The van der Waals surface area contributed by atoms with Gasteiger partial charge in [-0.3, -0.25) is 4.79 Å². The lowest BCUT2D eigenvalue weighted by molar-refractivity contribution is 0.0590. The van der Waals surface area contributed by atoms with Crippen molar-refractivity contribution in [3.8, 4) is 11.1 Å². The molecule has 0 bridgehead atoms. The minimum atomic E-state index is -0.310. The van der Waals surface area contributed by atoms with Crippen LogP contribution in [0.5, 0.6) is 0 Å². The van der Waals surface area contributed by atoms with Crippen molar-refractivity contribution in [2.24, 2.45) is 5.92 Å². The lowest BCUT2D eigenvalue weighted by Gasteiger charge is -2.37. The molecule has 36 heavy (non-hydrogen) atoms. The summed E-state index contributed by atoms with van der Waals surface area (Å²) in [4.78, 5) is 16.4. The second kappa shape index (κ2) is 10.9. The van der Waals surface area contributed by atoms with Crippen molar-refractivity contribution in [3.05, 3.63) is 93.0 Å². The Labute approximate surface area is 225 Å². The fourth-order valence-electron chi connectivity index (χ4n) is 5.21. The van der Waals surface area contributed by atoms with Gasteiger partial charge >= 0.3 is 0 Å². The molecule has 0 unspecified atom stereocenters. The molecular formula is C30H28Cl2FNOS. The summed E-state index contributed by atoms with van der Waals surface area (Å²) in [6.45, 7) is 2.43. The van der Waals surface area contributed by atoms with Crippen LogP contribution in [0.15, 0.2) is 66.7 Å². The predicted octanol–water partition coefficient (Wildman–Crippen LogP) is 9.63. The molecule has 6 heteroatoms. The first-order valence-corrected chi connectivity index (χ1v) is 14.0. The van der Waals surface area contributed by atoms with Crippen LogP contribution in [0.4, 0.5) is 4.39 Å². The first kappa shape index (κ1) is 25.3. The first-order valence-electron chi connectivity index (χ1n) is 12.5. The zero-order valence-corrected chi connectivity index (χ0v) is 22.5. The maximum Gasteiger partial charge on any atom is 0.266 e. The molecule has 2 nitrogen and oxygen atoms in total. The Bertz CT molecular complexity index is 1380. The average Bonchev–Trinajstić information content (AvgIpc) is 3.25. The Morgan fingerprint density at radius 3 is 2.36 bits per heavy atom. The molecule has 3 aromatic carbocycles. The fourth-order valence-corrected chi connectivity index (χ4v) is 6.81. The van der Waals surface area contributed by atoms with Gasteiger partial charge in [0.15, 0.2) is 0 Å². The highest BCUT2D eigenvalue weighted by atomic mass is 35.5. The number of hydrogen-bond acceptors (Lipinski definition) is 2. The van der Waals surface area contributed by atoms with Crippen LogP contribution in [0.1, 0.15) is 54.3 Å². The number of hydrogen-bond donors (Lipinski definition) is 0. The monoisotopic (exact) mass is 539 g/mol. The van der Waals surface area contributed by atoms with Gasteiger partial charge in [0, 0.05) is 33.3 Å². The van der Waals surface area contributed by atoms with Crippen molar-refractivity contribution < 1.29 is 9.18 Å². The highest BCUT2D eigenvalue weighted by Crippen LogP contribution is 2.38. The summed E-state index contributed by atoms with van der Waals surface area (Å²) in [5.41, 5.74) is 2.35. The van der Waals surface area contributed by atoms with Gasteiger partial charge in [0.25, 0.3) is 5.91 Å². The Kier molecular flexibility index (Phi) is 7.66. The molecule has 1 aliphatic rings. The predicted molar refractivity (Wildman–Crippen MR) is 150 cm³/mol. The standard InChI is InChI=1S/C30H28Cl2FNOS/c1-2-19-7-14-24(15-8-19)34(30(35)29-28(32)25-5-3-4-6-27(25)36-29)18-22-17-21(11-16-26(22)33)20-9-12-23(31)13-10-20/h3-6,9-13,16-17,19,24H,2,7-8,14-15,18H2,1H3/t19-,24-. The summed E-state index contributed by atoms with van der Waals surface area (Å²) in [7, 11) is 0. The molecule has 0 aliphatic heterocycles. The maximum atomic E-state index is 15.1. The largest absolute Gasteiger partial charge is 0.330 e. The molecule has 0 saturated heterocycles. The van der Waals surface area contributed by atoms with Gasteiger partial charge in [0.2, 0.25) is 0 Å². The summed E-state index contributed by atoms with van der Waals surface area (Å²) in [5.74, 6) is 0.267. The van der Waals surface area contributed by atoms with Crippen LogP contribution in [0, 0.1) is 11.7 Å². The van der Waals surface area contributed by atoms with E-state index in [1.807, 2.05) is 59.5 Å².